The SMILES string of the molecule is O=S(=O)(c1ccc2c(c1)CCC2)N1CC2CCCNC2C1. The van der Waals surface area contributed by atoms with Gasteiger partial charge in [0.25, 0.3) is 0 Å². The summed E-state index contributed by atoms with van der Waals surface area (Å²) >= 11 is 0. The summed E-state index contributed by atoms with van der Waals surface area (Å²) in [7, 11) is -3.33. The summed E-state index contributed by atoms with van der Waals surface area (Å²) in [4.78, 5) is 0.488. The van der Waals surface area contributed by atoms with Crippen LogP contribution in [-0.4, -0.2) is 38.4 Å². The molecule has 1 aromatic carbocycles. The van der Waals surface area contributed by atoms with Crippen LogP contribution in [0.1, 0.15) is 30.4 Å². The van der Waals surface area contributed by atoms with Crippen LogP contribution in [0.5, 0.6) is 0 Å². The summed E-state index contributed by atoms with van der Waals surface area (Å²) in [6.45, 7) is 2.33. The minimum atomic E-state index is -3.33. The number of fused-ring (bicyclic) bond motifs is 2. The van der Waals surface area contributed by atoms with Crippen LogP contribution in [0.2, 0.25) is 0 Å². The molecule has 5 heteroatoms. The number of benzene rings is 1. The molecule has 2 unspecified atom stereocenters. The second kappa shape index (κ2) is 5.07. The van der Waals surface area contributed by atoms with Crippen LogP contribution < -0.4 is 5.32 Å². The maximum absolute atomic E-state index is 12.9. The summed E-state index contributed by atoms with van der Waals surface area (Å²) in [5.41, 5.74) is 2.55. The molecule has 0 aromatic heterocycles. The monoisotopic (exact) mass is 306 g/mol. The molecule has 4 rings (SSSR count). The second-order valence-corrected chi connectivity index (χ2v) is 8.51. The zero-order valence-electron chi connectivity index (χ0n) is 12.2. The lowest BCUT2D eigenvalue weighted by Gasteiger charge is -2.24. The molecule has 2 heterocycles. The third kappa shape index (κ3) is 2.31. The standard InChI is InChI=1S/C16H22N2O2S/c19-21(20,15-7-6-12-3-1-4-13(12)9-15)18-10-14-5-2-8-17-16(14)11-18/h6-7,9,14,16-17H,1-5,8,10-11H2. The highest BCUT2D eigenvalue weighted by Crippen LogP contribution is 2.31. The fourth-order valence-corrected chi connectivity index (χ4v) is 5.64. The van der Waals surface area contributed by atoms with Crippen molar-refractivity contribution in [2.75, 3.05) is 19.6 Å². The van der Waals surface area contributed by atoms with E-state index in [1.165, 1.54) is 11.1 Å². The fourth-order valence-electron chi connectivity index (χ4n) is 4.06. The zero-order chi connectivity index (χ0) is 14.4. The number of sulfonamides is 1. The molecular weight excluding hydrogens is 284 g/mol. The van der Waals surface area contributed by atoms with Gasteiger partial charge in [-0.1, -0.05) is 6.07 Å². The molecule has 2 fully saturated rings. The molecule has 2 aliphatic heterocycles. The molecule has 1 aliphatic carbocycles. The van der Waals surface area contributed by atoms with Gasteiger partial charge in [-0.15, -0.1) is 0 Å². The molecule has 114 valence electrons. The van der Waals surface area contributed by atoms with Crippen LogP contribution in [0.3, 0.4) is 0 Å². The van der Waals surface area contributed by atoms with E-state index in [9.17, 15) is 8.42 Å². The number of hydrogen-bond acceptors (Lipinski definition) is 3. The molecular formula is C16H22N2O2S. The van der Waals surface area contributed by atoms with E-state index >= 15 is 0 Å². The van der Waals surface area contributed by atoms with E-state index in [1.807, 2.05) is 12.1 Å². The highest BCUT2D eigenvalue weighted by molar-refractivity contribution is 7.89. The Morgan fingerprint density at radius 1 is 1.10 bits per heavy atom. The third-order valence-corrected chi connectivity index (χ3v) is 7.10. The fraction of sp³-hybridized carbons (Fsp3) is 0.625. The van der Waals surface area contributed by atoms with Crippen molar-refractivity contribution in [1.82, 2.24) is 9.62 Å². The molecule has 4 nitrogen and oxygen atoms in total. The van der Waals surface area contributed by atoms with Gasteiger partial charge in [-0.05, 0) is 67.8 Å². The van der Waals surface area contributed by atoms with E-state index in [0.29, 0.717) is 29.9 Å². The Morgan fingerprint density at radius 3 is 2.81 bits per heavy atom. The Balaban J connectivity index is 1.61. The van der Waals surface area contributed by atoms with Gasteiger partial charge in [-0.2, -0.15) is 4.31 Å². The van der Waals surface area contributed by atoms with E-state index in [0.717, 1.165) is 38.6 Å². The lowest BCUT2D eigenvalue weighted by atomic mass is 9.94. The molecule has 2 saturated heterocycles. The Labute approximate surface area is 126 Å². The number of nitrogens with zero attached hydrogens (tertiary/aromatic N) is 1. The first-order valence-corrected chi connectivity index (χ1v) is 9.44. The number of rotatable bonds is 2. The lowest BCUT2D eigenvalue weighted by Crippen LogP contribution is -2.41. The third-order valence-electron chi connectivity index (χ3n) is 5.27. The normalized spacial score (nSPS) is 29.3. The summed E-state index contributed by atoms with van der Waals surface area (Å²) in [6.07, 6.45) is 5.57. The highest BCUT2D eigenvalue weighted by Gasteiger charge is 2.40. The topological polar surface area (TPSA) is 49.4 Å². The molecule has 2 atom stereocenters. The van der Waals surface area contributed by atoms with E-state index in [-0.39, 0.29) is 0 Å². The van der Waals surface area contributed by atoms with Crippen LogP contribution in [0.25, 0.3) is 0 Å². The van der Waals surface area contributed by atoms with Gasteiger partial charge in [0, 0.05) is 19.1 Å². The van der Waals surface area contributed by atoms with Gasteiger partial charge in [0.2, 0.25) is 10.0 Å². The largest absolute Gasteiger partial charge is 0.312 e. The van der Waals surface area contributed by atoms with Crippen LogP contribution >= 0.6 is 0 Å². The molecule has 1 N–H and O–H groups in total. The van der Waals surface area contributed by atoms with Gasteiger partial charge >= 0.3 is 0 Å². The summed E-state index contributed by atoms with van der Waals surface area (Å²) in [5, 5.41) is 3.47. The van der Waals surface area contributed by atoms with Gasteiger partial charge in [-0.25, -0.2) is 8.42 Å². The summed E-state index contributed by atoms with van der Waals surface area (Å²) < 4.78 is 27.4. The predicted octanol–water partition coefficient (Wildman–Crippen LogP) is 1.55. The molecule has 0 bridgehead atoms. The van der Waals surface area contributed by atoms with E-state index < -0.39 is 10.0 Å². The average molecular weight is 306 g/mol. The Morgan fingerprint density at radius 2 is 1.95 bits per heavy atom. The van der Waals surface area contributed by atoms with Gasteiger partial charge in [0.05, 0.1) is 4.90 Å². The van der Waals surface area contributed by atoms with Crippen molar-refractivity contribution in [3.8, 4) is 0 Å². The molecule has 21 heavy (non-hydrogen) atoms. The zero-order valence-corrected chi connectivity index (χ0v) is 13.0. The van der Waals surface area contributed by atoms with Crippen molar-refractivity contribution in [3.05, 3.63) is 29.3 Å². The Bertz CT molecular complexity index is 642. The summed E-state index contributed by atoms with van der Waals surface area (Å²) in [5.74, 6) is 0.489. The van der Waals surface area contributed by atoms with Crippen molar-refractivity contribution in [1.29, 1.82) is 0 Å². The Kier molecular flexibility index (Phi) is 3.32. The predicted molar refractivity (Wildman–Crippen MR) is 81.7 cm³/mol. The number of aryl methyl sites for hydroxylation is 2. The van der Waals surface area contributed by atoms with Crippen molar-refractivity contribution in [2.24, 2.45) is 5.92 Å². The number of nitrogens with one attached hydrogen (secondary N) is 1. The van der Waals surface area contributed by atoms with Gasteiger partial charge in [0.1, 0.15) is 0 Å². The van der Waals surface area contributed by atoms with Gasteiger partial charge in [-0.3, -0.25) is 0 Å². The first-order chi connectivity index (χ1) is 10.1. The average Bonchev–Trinajstić information content (AvgIpc) is 3.13. The minimum Gasteiger partial charge on any atom is -0.312 e. The van der Waals surface area contributed by atoms with Gasteiger partial charge < -0.3 is 5.32 Å². The van der Waals surface area contributed by atoms with Crippen LogP contribution in [0, 0.1) is 5.92 Å². The highest BCUT2D eigenvalue weighted by atomic mass is 32.2. The molecule has 0 spiro atoms. The molecule has 0 saturated carbocycles. The second-order valence-electron chi connectivity index (χ2n) is 6.57. The molecule has 0 radical (unpaired) electrons. The van der Waals surface area contributed by atoms with Crippen molar-refractivity contribution < 1.29 is 8.42 Å². The first-order valence-electron chi connectivity index (χ1n) is 8.00. The van der Waals surface area contributed by atoms with Crippen LogP contribution in [0.15, 0.2) is 23.1 Å². The van der Waals surface area contributed by atoms with Gasteiger partial charge in [0.15, 0.2) is 0 Å². The summed E-state index contributed by atoms with van der Waals surface area (Å²) in [6, 6.07) is 6.07. The van der Waals surface area contributed by atoms with E-state index in [4.69, 9.17) is 0 Å². The molecule has 1 aromatic rings. The van der Waals surface area contributed by atoms with Crippen molar-refractivity contribution in [3.63, 3.8) is 0 Å². The van der Waals surface area contributed by atoms with E-state index in [2.05, 4.69) is 5.32 Å². The van der Waals surface area contributed by atoms with Crippen molar-refractivity contribution >= 4 is 10.0 Å². The van der Waals surface area contributed by atoms with Crippen LogP contribution in [-0.2, 0) is 22.9 Å². The number of piperidine rings is 1. The molecule has 0 amide bonds. The quantitative estimate of drug-likeness (QED) is 0.902. The van der Waals surface area contributed by atoms with Crippen LogP contribution in [0.4, 0.5) is 0 Å². The maximum Gasteiger partial charge on any atom is 0.243 e. The minimum absolute atomic E-state index is 0.350. The van der Waals surface area contributed by atoms with E-state index in [1.54, 1.807) is 10.4 Å². The maximum atomic E-state index is 12.9. The smallest absolute Gasteiger partial charge is 0.243 e. The lowest BCUT2D eigenvalue weighted by molar-refractivity contribution is 0.339. The number of hydrogen-bond donors (Lipinski definition) is 1. The van der Waals surface area contributed by atoms with Crippen molar-refractivity contribution in [2.45, 2.75) is 43.0 Å². The Hall–Kier alpha value is -0.910. The first kappa shape index (κ1) is 13.7. The molecule has 3 aliphatic rings.